The van der Waals surface area contributed by atoms with E-state index in [-0.39, 0.29) is 17.1 Å². The van der Waals surface area contributed by atoms with E-state index in [4.69, 9.17) is 9.47 Å². The molecule has 0 bridgehead atoms. The smallest absolute Gasteiger partial charge is 0.192 e. The number of benzene rings is 2. The molecule has 0 amide bonds. The molecule has 1 N–H and O–H groups in total. The number of ether oxygens (including phenoxy) is 2. The van der Waals surface area contributed by atoms with Gasteiger partial charge in [0.2, 0.25) is 0 Å². The van der Waals surface area contributed by atoms with Crippen molar-refractivity contribution in [2.24, 2.45) is 0 Å². The summed E-state index contributed by atoms with van der Waals surface area (Å²) in [5.74, 6) is -0.0190. The Morgan fingerprint density at radius 3 is 2.83 bits per heavy atom. The molecule has 0 saturated carbocycles. The normalized spacial score (nSPS) is 15.7. The Kier molecular flexibility index (Phi) is 4.02. The van der Waals surface area contributed by atoms with Crippen molar-refractivity contribution in [1.82, 2.24) is 0 Å². The van der Waals surface area contributed by atoms with Gasteiger partial charge in [0, 0.05) is 12.0 Å². The lowest BCUT2D eigenvalue weighted by Gasteiger charge is -2.06. The highest BCUT2D eigenvalue weighted by molar-refractivity contribution is 6.13. The standard InChI is InChI=1S/C18H15FO4/c1-22-17-4-2-11(9-15(17)20)8-12-6-7-23-16-5-3-13(19)10-14(16)18(12)21/h2-5,8-10,20H,6-7H2,1H3/b12-8-. The number of Topliss-reactive ketones (excluding diaryl/α,β-unsaturated/α-hetero) is 1. The third-order valence-electron chi connectivity index (χ3n) is 3.65. The van der Waals surface area contributed by atoms with Crippen molar-refractivity contribution in [3.8, 4) is 17.2 Å². The maximum atomic E-state index is 13.4. The Bertz CT molecular complexity index is 796. The molecule has 0 atom stereocenters. The molecule has 0 spiro atoms. The van der Waals surface area contributed by atoms with E-state index in [0.29, 0.717) is 35.7 Å². The van der Waals surface area contributed by atoms with Crippen molar-refractivity contribution in [1.29, 1.82) is 0 Å². The highest BCUT2D eigenvalue weighted by atomic mass is 19.1. The van der Waals surface area contributed by atoms with Crippen LogP contribution in [-0.4, -0.2) is 24.6 Å². The third kappa shape index (κ3) is 3.04. The zero-order valence-corrected chi connectivity index (χ0v) is 12.5. The number of phenols is 1. The van der Waals surface area contributed by atoms with Crippen LogP contribution in [0.2, 0.25) is 0 Å². The average Bonchev–Trinajstić information content (AvgIpc) is 2.68. The summed E-state index contributed by atoms with van der Waals surface area (Å²) in [4.78, 5) is 12.6. The first-order valence-electron chi connectivity index (χ1n) is 7.13. The van der Waals surface area contributed by atoms with E-state index < -0.39 is 5.82 Å². The fourth-order valence-electron chi connectivity index (χ4n) is 2.50. The van der Waals surface area contributed by atoms with Gasteiger partial charge in [-0.15, -0.1) is 0 Å². The summed E-state index contributed by atoms with van der Waals surface area (Å²) >= 11 is 0. The summed E-state index contributed by atoms with van der Waals surface area (Å²) in [5, 5.41) is 9.82. The van der Waals surface area contributed by atoms with Crippen LogP contribution in [0.1, 0.15) is 22.3 Å². The minimum absolute atomic E-state index is 0.00869. The van der Waals surface area contributed by atoms with Gasteiger partial charge in [-0.25, -0.2) is 4.39 Å². The molecule has 0 fully saturated rings. The molecule has 3 rings (SSSR count). The average molecular weight is 314 g/mol. The number of hydrogen-bond acceptors (Lipinski definition) is 4. The van der Waals surface area contributed by atoms with Crippen molar-refractivity contribution < 1.29 is 23.8 Å². The van der Waals surface area contributed by atoms with Gasteiger partial charge in [-0.2, -0.15) is 0 Å². The summed E-state index contributed by atoms with van der Waals surface area (Å²) in [6.07, 6.45) is 2.08. The van der Waals surface area contributed by atoms with Crippen LogP contribution in [0.25, 0.3) is 6.08 Å². The molecular formula is C18H15FO4. The van der Waals surface area contributed by atoms with E-state index in [1.165, 1.54) is 31.4 Å². The Labute approximate surface area is 132 Å². The molecule has 1 heterocycles. The van der Waals surface area contributed by atoms with Gasteiger partial charge in [-0.05, 0) is 42.0 Å². The molecule has 23 heavy (non-hydrogen) atoms. The van der Waals surface area contributed by atoms with Gasteiger partial charge in [-0.3, -0.25) is 4.79 Å². The summed E-state index contributed by atoms with van der Waals surface area (Å²) in [6, 6.07) is 8.77. The molecule has 4 nitrogen and oxygen atoms in total. The summed E-state index contributed by atoms with van der Waals surface area (Å²) in [7, 11) is 1.46. The van der Waals surface area contributed by atoms with E-state index in [0.717, 1.165) is 0 Å². The maximum absolute atomic E-state index is 13.4. The van der Waals surface area contributed by atoms with Gasteiger partial charge in [0.15, 0.2) is 17.3 Å². The second-order valence-electron chi connectivity index (χ2n) is 5.17. The Morgan fingerprint density at radius 2 is 2.09 bits per heavy atom. The van der Waals surface area contributed by atoms with Gasteiger partial charge < -0.3 is 14.6 Å². The fourth-order valence-corrected chi connectivity index (χ4v) is 2.50. The third-order valence-corrected chi connectivity index (χ3v) is 3.65. The molecule has 0 aliphatic carbocycles. The van der Waals surface area contributed by atoms with Gasteiger partial charge in [0.1, 0.15) is 11.6 Å². The molecule has 0 unspecified atom stereocenters. The van der Waals surface area contributed by atoms with Gasteiger partial charge in [0.05, 0.1) is 19.3 Å². The van der Waals surface area contributed by atoms with Crippen LogP contribution >= 0.6 is 0 Å². The molecule has 1 aliphatic rings. The first kappa shape index (κ1) is 15.1. The van der Waals surface area contributed by atoms with Crippen molar-refractivity contribution in [3.05, 3.63) is 58.9 Å². The van der Waals surface area contributed by atoms with Crippen LogP contribution in [0.5, 0.6) is 17.2 Å². The predicted octanol–water partition coefficient (Wildman–Crippen LogP) is 3.59. The molecule has 0 radical (unpaired) electrons. The predicted molar refractivity (Wildman–Crippen MR) is 83.5 cm³/mol. The molecule has 0 saturated heterocycles. The van der Waals surface area contributed by atoms with Crippen LogP contribution in [0.15, 0.2) is 42.0 Å². The molecule has 2 aromatic carbocycles. The number of rotatable bonds is 2. The highest BCUT2D eigenvalue weighted by Crippen LogP contribution is 2.30. The van der Waals surface area contributed by atoms with Gasteiger partial charge >= 0.3 is 0 Å². The first-order valence-corrected chi connectivity index (χ1v) is 7.13. The number of ketones is 1. The Morgan fingerprint density at radius 1 is 1.26 bits per heavy atom. The molecule has 1 aliphatic heterocycles. The first-order chi connectivity index (χ1) is 11.1. The highest BCUT2D eigenvalue weighted by Gasteiger charge is 2.21. The van der Waals surface area contributed by atoms with E-state index >= 15 is 0 Å². The van der Waals surface area contributed by atoms with E-state index in [1.807, 2.05) is 0 Å². The molecule has 2 aromatic rings. The SMILES string of the molecule is COc1ccc(/C=C2/CCOc3ccc(F)cc3C2=O)cc1O. The minimum atomic E-state index is -0.482. The number of fused-ring (bicyclic) bond motifs is 1. The summed E-state index contributed by atoms with van der Waals surface area (Å²) in [5.41, 5.74) is 1.37. The molecular weight excluding hydrogens is 299 g/mol. The van der Waals surface area contributed by atoms with Crippen molar-refractivity contribution >= 4 is 11.9 Å². The van der Waals surface area contributed by atoms with Gasteiger partial charge in [-0.1, -0.05) is 6.07 Å². The van der Waals surface area contributed by atoms with Gasteiger partial charge in [0.25, 0.3) is 0 Å². The Hall–Kier alpha value is -2.82. The zero-order valence-electron chi connectivity index (χ0n) is 12.5. The Balaban J connectivity index is 1.99. The van der Waals surface area contributed by atoms with E-state index in [2.05, 4.69) is 0 Å². The number of halogens is 1. The summed E-state index contributed by atoms with van der Waals surface area (Å²) in [6.45, 7) is 0.332. The van der Waals surface area contributed by atoms with Crippen LogP contribution < -0.4 is 9.47 Å². The minimum Gasteiger partial charge on any atom is -0.504 e. The largest absolute Gasteiger partial charge is 0.504 e. The second-order valence-corrected chi connectivity index (χ2v) is 5.17. The number of methoxy groups -OCH3 is 1. The molecule has 118 valence electrons. The molecule has 0 aromatic heterocycles. The van der Waals surface area contributed by atoms with E-state index in [9.17, 15) is 14.3 Å². The number of hydrogen-bond donors (Lipinski definition) is 1. The van der Waals surface area contributed by atoms with Crippen molar-refractivity contribution in [2.75, 3.05) is 13.7 Å². The summed E-state index contributed by atoms with van der Waals surface area (Å²) < 4.78 is 23.9. The lowest BCUT2D eigenvalue weighted by Crippen LogP contribution is -2.02. The quantitative estimate of drug-likeness (QED) is 0.861. The zero-order chi connectivity index (χ0) is 16.4. The van der Waals surface area contributed by atoms with Crippen molar-refractivity contribution in [3.63, 3.8) is 0 Å². The lowest BCUT2D eigenvalue weighted by molar-refractivity contribution is 0.103. The van der Waals surface area contributed by atoms with E-state index in [1.54, 1.807) is 18.2 Å². The second kappa shape index (κ2) is 6.12. The van der Waals surface area contributed by atoms with Crippen molar-refractivity contribution in [2.45, 2.75) is 6.42 Å². The number of aromatic hydroxyl groups is 1. The molecule has 5 heteroatoms. The maximum Gasteiger partial charge on any atom is 0.192 e. The number of phenolic OH excluding ortho intramolecular Hbond substituents is 1. The van der Waals surface area contributed by atoms with Crippen LogP contribution in [0, 0.1) is 5.82 Å². The lowest BCUT2D eigenvalue weighted by atomic mass is 9.99. The monoisotopic (exact) mass is 314 g/mol. The van der Waals surface area contributed by atoms with Crippen LogP contribution in [0.4, 0.5) is 4.39 Å². The topological polar surface area (TPSA) is 55.8 Å². The number of carbonyl (C=O) groups is 1. The fraction of sp³-hybridized carbons (Fsp3) is 0.167. The number of carbonyl (C=O) groups excluding carboxylic acids is 1. The van der Waals surface area contributed by atoms with Crippen LogP contribution in [0.3, 0.4) is 0 Å². The van der Waals surface area contributed by atoms with Crippen LogP contribution in [-0.2, 0) is 0 Å².